The molecular weight excluding hydrogens is 493 g/mol. The number of nitrogens with zero attached hydrogens (tertiary/aromatic N) is 5. The molecule has 2 atom stereocenters. The Hall–Kier alpha value is -1.87. The fraction of sp³-hybridized carbons (Fsp3) is 0.519. The summed E-state index contributed by atoms with van der Waals surface area (Å²) >= 11 is 14.4. The number of guanidine groups is 1. The first kappa shape index (κ1) is 25.8. The maximum absolute atomic E-state index is 7.23. The van der Waals surface area contributed by atoms with Gasteiger partial charge < -0.3 is 11.1 Å². The molecular formula is C27H37Cl2N7. The Morgan fingerprint density at radius 3 is 2.03 bits per heavy atom. The van der Waals surface area contributed by atoms with Crippen LogP contribution in [0, 0.1) is 6.92 Å². The quantitative estimate of drug-likeness (QED) is 0.443. The van der Waals surface area contributed by atoms with E-state index in [9.17, 15) is 0 Å². The highest BCUT2D eigenvalue weighted by atomic mass is 35.5. The topological polar surface area (TPSA) is 63.4 Å². The van der Waals surface area contributed by atoms with Gasteiger partial charge in [0.1, 0.15) is 0 Å². The molecule has 36 heavy (non-hydrogen) atoms. The first-order valence-electron chi connectivity index (χ1n) is 12.9. The van der Waals surface area contributed by atoms with Crippen LogP contribution in [0.5, 0.6) is 0 Å². The standard InChI is InChI=1S/C27H37Cl2N7/c1-22-6-5-9-24(18-22)20-34-12-16-36(17-13-34)27(29)21-26(28,31-25(30)32-27)35-14-10-33(11-15-35)19-23-7-3-2-4-8-23/h2-9,18H,10-17,19-21H2,1H3,(H3,30,31,32). The number of nitrogens with two attached hydrogens (primary N) is 1. The van der Waals surface area contributed by atoms with E-state index in [-0.39, 0.29) is 0 Å². The van der Waals surface area contributed by atoms with Crippen molar-refractivity contribution in [1.29, 1.82) is 0 Å². The molecule has 2 saturated heterocycles. The van der Waals surface area contributed by atoms with Gasteiger partial charge in [0, 0.05) is 65.4 Å². The van der Waals surface area contributed by atoms with Crippen LogP contribution in [-0.4, -0.2) is 88.2 Å². The van der Waals surface area contributed by atoms with E-state index in [1.165, 1.54) is 16.7 Å². The summed E-state index contributed by atoms with van der Waals surface area (Å²) in [6.45, 7) is 11.1. The summed E-state index contributed by atoms with van der Waals surface area (Å²) in [4.78, 5) is 14.1. The minimum absolute atomic E-state index is 0.306. The number of aryl methyl sites for hydroxylation is 1. The molecule has 0 radical (unpaired) electrons. The van der Waals surface area contributed by atoms with Crippen LogP contribution in [0.4, 0.5) is 0 Å². The minimum atomic E-state index is -0.950. The third kappa shape index (κ3) is 5.98. The minimum Gasteiger partial charge on any atom is -0.370 e. The van der Waals surface area contributed by atoms with Gasteiger partial charge in [0.2, 0.25) is 0 Å². The second-order valence-electron chi connectivity index (χ2n) is 10.3. The van der Waals surface area contributed by atoms with Crippen molar-refractivity contribution in [3.63, 3.8) is 0 Å². The molecule has 0 aromatic heterocycles. The van der Waals surface area contributed by atoms with Gasteiger partial charge in [0.15, 0.2) is 16.2 Å². The first-order chi connectivity index (χ1) is 17.3. The van der Waals surface area contributed by atoms with E-state index >= 15 is 0 Å². The molecule has 7 nitrogen and oxygen atoms in total. The predicted octanol–water partition coefficient (Wildman–Crippen LogP) is 3.02. The van der Waals surface area contributed by atoms with Gasteiger partial charge in [-0.05, 0) is 18.1 Å². The van der Waals surface area contributed by atoms with Gasteiger partial charge in [-0.3, -0.25) is 19.6 Å². The Kier molecular flexibility index (Phi) is 7.77. The molecule has 0 saturated carbocycles. The fourth-order valence-corrected chi connectivity index (χ4v) is 6.56. The summed E-state index contributed by atoms with van der Waals surface area (Å²) in [7, 11) is 0. The van der Waals surface area contributed by atoms with Crippen molar-refractivity contribution < 1.29 is 0 Å². The van der Waals surface area contributed by atoms with E-state index in [2.05, 4.69) is 91.4 Å². The average molecular weight is 531 g/mol. The Balaban J connectivity index is 1.18. The Labute approximate surface area is 224 Å². The van der Waals surface area contributed by atoms with Gasteiger partial charge in [0.05, 0.1) is 6.42 Å². The average Bonchev–Trinajstić information content (AvgIpc) is 2.85. The maximum atomic E-state index is 7.23. The first-order valence-corrected chi connectivity index (χ1v) is 13.6. The van der Waals surface area contributed by atoms with Gasteiger partial charge in [0.25, 0.3) is 0 Å². The lowest BCUT2D eigenvalue weighted by molar-refractivity contribution is 0.0110. The number of nitrogens with one attached hydrogen (secondary N) is 1. The number of piperazine rings is 2. The van der Waals surface area contributed by atoms with Crippen LogP contribution < -0.4 is 11.1 Å². The Bertz CT molecular complexity index is 1050. The molecule has 2 aromatic rings. The summed E-state index contributed by atoms with van der Waals surface area (Å²) in [5.74, 6) is 0.306. The number of rotatable bonds is 6. The summed E-state index contributed by atoms with van der Waals surface area (Å²) in [6.07, 6.45) is 0.459. The van der Waals surface area contributed by atoms with Crippen molar-refractivity contribution in [2.75, 3.05) is 52.4 Å². The zero-order chi connectivity index (χ0) is 25.2. The van der Waals surface area contributed by atoms with E-state index < -0.39 is 10.2 Å². The van der Waals surface area contributed by atoms with Gasteiger partial charge in [-0.1, -0.05) is 83.4 Å². The molecule has 0 amide bonds. The second-order valence-corrected chi connectivity index (χ2v) is 11.5. The number of aliphatic imine (C=N–C) groups is 1. The molecule has 0 aliphatic carbocycles. The van der Waals surface area contributed by atoms with E-state index in [1.807, 2.05) is 0 Å². The highest BCUT2D eigenvalue weighted by Gasteiger charge is 2.50. The third-order valence-electron chi connectivity index (χ3n) is 7.54. The molecule has 3 aliphatic rings. The van der Waals surface area contributed by atoms with E-state index in [4.69, 9.17) is 28.9 Å². The van der Waals surface area contributed by atoms with Gasteiger partial charge >= 0.3 is 0 Å². The largest absolute Gasteiger partial charge is 0.370 e. The number of hydrogen-bond acceptors (Lipinski definition) is 7. The van der Waals surface area contributed by atoms with Gasteiger partial charge in [-0.2, -0.15) is 0 Å². The van der Waals surface area contributed by atoms with Crippen molar-refractivity contribution in [2.45, 2.75) is 36.7 Å². The van der Waals surface area contributed by atoms with Gasteiger partial charge in [-0.25, -0.2) is 4.99 Å². The number of alkyl halides is 2. The SMILES string of the molecule is Cc1cccc(CN2CCN(C3(Cl)CC(Cl)(N4CCN(Cc5ccccc5)CC4)N=C(N)N3)CC2)c1. The van der Waals surface area contributed by atoms with Crippen LogP contribution in [0.1, 0.15) is 23.1 Å². The zero-order valence-electron chi connectivity index (χ0n) is 21.0. The molecule has 2 aromatic carbocycles. The molecule has 0 spiro atoms. The smallest absolute Gasteiger partial charge is 0.197 e. The Morgan fingerprint density at radius 2 is 1.39 bits per heavy atom. The number of benzene rings is 2. The number of hydrogen-bond donors (Lipinski definition) is 2. The lowest BCUT2D eigenvalue weighted by atomic mass is 10.1. The molecule has 3 aliphatic heterocycles. The molecule has 3 heterocycles. The summed E-state index contributed by atoms with van der Waals surface area (Å²) in [5, 5.41) is 1.44. The Morgan fingerprint density at radius 1 is 0.806 bits per heavy atom. The number of halogens is 2. The van der Waals surface area contributed by atoms with Crippen molar-refractivity contribution >= 4 is 29.2 Å². The fourth-order valence-electron chi connectivity index (χ4n) is 5.58. The third-order valence-corrected chi connectivity index (χ3v) is 8.46. The highest BCUT2D eigenvalue weighted by molar-refractivity contribution is 6.28. The summed E-state index contributed by atoms with van der Waals surface area (Å²) in [6, 6.07) is 19.3. The lowest BCUT2D eigenvalue weighted by Crippen LogP contribution is -2.69. The van der Waals surface area contributed by atoms with Crippen LogP contribution in [0.3, 0.4) is 0 Å². The highest BCUT2D eigenvalue weighted by Crippen LogP contribution is 2.39. The van der Waals surface area contributed by atoms with Crippen molar-refractivity contribution in [3.8, 4) is 0 Å². The lowest BCUT2D eigenvalue weighted by Gasteiger charge is -2.51. The van der Waals surface area contributed by atoms with E-state index in [0.29, 0.717) is 12.4 Å². The molecule has 194 valence electrons. The van der Waals surface area contributed by atoms with Crippen molar-refractivity contribution in [3.05, 3.63) is 71.3 Å². The summed E-state index contributed by atoms with van der Waals surface area (Å²) in [5.41, 5.74) is 10.2. The van der Waals surface area contributed by atoms with E-state index in [1.54, 1.807) is 0 Å². The van der Waals surface area contributed by atoms with Gasteiger partial charge in [-0.15, -0.1) is 0 Å². The summed E-state index contributed by atoms with van der Waals surface area (Å²) < 4.78 is 0. The normalized spacial score (nSPS) is 29.0. The monoisotopic (exact) mass is 529 g/mol. The van der Waals surface area contributed by atoms with Crippen LogP contribution in [0.25, 0.3) is 0 Å². The molecule has 0 bridgehead atoms. The van der Waals surface area contributed by atoms with Crippen LogP contribution in [0.2, 0.25) is 0 Å². The van der Waals surface area contributed by atoms with E-state index in [0.717, 1.165) is 65.4 Å². The maximum Gasteiger partial charge on any atom is 0.197 e. The molecule has 5 rings (SSSR count). The van der Waals surface area contributed by atoms with Crippen LogP contribution >= 0.6 is 23.2 Å². The molecule has 2 unspecified atom stereocenters. The molecule has 3 N–H and O–H groups in total. The van der Waals surface area contributed by atoms with Crippen molar-refractivity contribution in [1.82, 2.24) is 24.9 Å². The van der Waals surface area contributed by atoms with Crippen molar-refractivity contribution in [2.24, 2.45) is 10.7 Å². The molecule has 2 fully saturated rings. The van der Waals surface area contributed by atoms with Crippen LogP contribution in [0.15, 0.2) is 59.6 Å². The zero-order valence-corrected chi connectivity index (χ0v) is 22.6. The molecule has 9 heteroatoms. The predicted molar refractivity (Wildman–Crippen MR) is 148 cm³/mol. The van der Waals surface area contributed by atoms with Crippen LogP contribution in [-0.2, 0) is 13.1 Å². The second kappa shape index (κ2) is 10.9.